The minimum absolute atomic E-state index is 0. The molecule has 29 heavy (non-hydrogen) atoms. The number of allylic oxidation sites excluding steroid dienone is 8. The van der Waals surface area contributed by atoms with Crippen LogP contribution in [0, 0.1) is 34.8 Å². The maximum atomic E-state index is 3.49. The summed E-state index contributed by atoms with van der Waals surface area (Å²) in [4.78, 5) is 0. The van der Waals surface area contributed by atoms with Gasteiger partial charge in [0.05, 0.1) is 0 Å². The van der Waals surface area contributed by atoms with Crippen LogP contribution in [0.4, 0.5) is 0 Å². The molecule has 0 amide bonds. The maximum absolute atomic E-state index is 3.49. The SMILES string of the molecule is CCC(CC)(C1=[C-]CC=C1)C(C)C.CCC(CC)(C1=[C-]CC=C1)C(C)C.[Cl-].[Cl-].[Zr+4]. The molecule has 0 heterocycles. The molecule has 0 N–H and O–H groups in total. The van der Waals surface area contributed by atoms with E-state index in [1.165, 1.54) is 36.8 Å². The van der Waals surface area contributed by atoms with Gasteiger partial charge in [-0.3, -0.25) is 12.2 Å². The van der Waals surface area contributed by atoms with Crippen molar-refractivity contribution in [2.45, 2.75) is 93.9 Å². The molecule has 2 aliphatic rings. The second-order valence-corrected chi connectivity index (χ2v) is 8.43. The van der Waals surface area contributed by atoms with Gasteiger partial charge in [0.1, 0.15) is 0 Å². The van der Waals surface area contributed by atoms with Crippen molar-refractivity contribution in [1.82, 2.24) is 0 Å². The van der Waals surface area contributed by atoms with Gasteiger partial charge < -0.3 is 24.8 Å². The molecule has 0 aromatic heterocycles. The van der Waals surface area contributed by atoms with Crippen LogP contribution in [0.5, 0.6) is 0 Å². The van der Waals surface area contributed by atoms with Gasteiger partial charge in [-0.05, 0) is 48.3 Å². The van der Waals surface area contributed by atoms with Crippen LogP contribution >= 0.6 is 0 Å². The van der Waals surface area contributed by atoms with Gasteiger partial charge in [0.2, 0.25) is 0 Å². The third-order valence-electron chi connectivity index (χ3n) is 7.20. The van der Waals surface area contributed by atoms with Gasteiger partial charge in [0.25, 0.3) is 0 Å². The van der Waals surface area contributed by atoms with E-state index in [9.17, 15) is 0 Å². The average Bonchev–Trinajstić information content (AvgIpc) is 3.33. The zero-order valence-electron chi connectivity index (χ0n) is 20.0. The largest absolute Gasteiger partial charge is 4.00 e. The van der Waals surface area contributed by atoms with Crippen LogP contribution in [0.3, 0.4) is 0 Å². The number of rotatable bonds is 8. The zero-order valence-corrected chi connectivity index (χ0v) is 23.9. The molecule has 2 rings (SSSR count). The number of halogens is 2. The Morgan fingerprint density at radius 2 is 0.966 bits per heavy atom. The number of hydrogen-bond donors (Lipinski definition) is 0. The molecule has 0 atom stereocenters. The van der Waals surface area contributed by atoms with Gasteiger partial charge in [0.15, 0.2) is 0 Å². The first-order valence-corrected chi connectivity index (χ1v) is 10.9. The normalized spacial score (nSPS) is 15.1. The Morgan fingerprint density at radius 1 is 0.690 bits per heavy atom. The van der Waals surface area contributed by atoms with Gasteiger partial charge in [-0.2, -0.15) is 12.2 Å². The average molecular weight is 517 g/mol. The van der Waals surface area contributed by atoms with E-state index in [2.05, 4.69) is 91.8 Å². The predicted octanol–water partition coefficient (Wildman–Crippen LogP) is 2.28. The van der Waals surface area contributed by atoms with Crippen molar-refractivity contribution in [1.29, 1.82) is 0 Å². The molecule has 0 nitrogen and oxygen atoms in total. The molecular formula is C26H42Cl2Zr. The van der Waals surface area contributed by atoms with Gasteiger partial charge in [-0.15, -0.1) is 12.8 Å². The first-order chi connectivity index (χ1) is 12.3. The summed E-state index contributed by atoms with van der Waals surface area (Å²) < 4.78 is 0. The number of hydrogen-bond acceptors (Lipinski definition) is 0. The molecular weight excluding hydrogens is 474 g/mol. The molecule has 3 heteroatoms. The van der Waals surface area contributed by atoms with Crippen molar-refractivity contribution in [2.75, 3.05) is 0 Å². The molecule has 164 valence electrons. The minimum atomic E-state index is 0. The molecule has 0 saturated heterocycles. The molecule has 0 aromatic carbocycles. The second-order valence-electron chi connectivity index (χ2n) is 8.43. The fraction of sp³-hybridized carbons (Fsp3) is 0.692. The Kier molecular flexibility index (Phi) is 18.9. The van der Waals surface area contributed by atoms with Crippen LogP contribution < -0.4 is 24.8 Å². The fourth-order valence-corrected chi connectivity index (χ4v) is 5.01. The van der Waals surface area contributed by atoms with Crippen LogP contribution in [0.1, 0.15) is 93.9 Å². The third-order valence-corrected chi connectivity index (χ3v) is 7.20. The topological polar surface area (TPSA) is 0 Å². The quantitative estimate of drug-likeness (QED) is 0.435. The van der Waals surface area contributed by atoms with Crippen molar-refractivity contribution >= 4 is 0 Å². The van der Waals surface area contributed by atoms with E-state index >= 15 is 0 Å². The molecule has 0 spiro atoms. The predicted molar refractivity (Wildman–Crippen MR) is 117 cm³/mol. The van der Waals surface area contributed by atoms with Crippen LogP contribution in [0.2, 0.25) is 0 Å². The standard InChI is InChI=1S/2C13H21.2ClH.Zr/c2*1-5-13(6-2,11(3)4)12-9-7-8-10-12;;;/h2*7,9,11H,5-6,8H2,1-4H3;2*1H;/q2*-1;;;+4/p-2. The first kappa shape index (κ1) is 34.0. The first-order valence-electron chi connectivity index (χ1n) is 10.9. The van der Waals surface area contributed by atoms with Crippen molar-refractivity contribution in [3.05, 3.63) is 47.6 Å². The summed E-state index contributed by atoms with van der Waals surface area (Å²) in [6, 6.07) is 0. The van der Waals surface area contributed by atoms with Crippen molar-refractivity contribution in [2.24, 2.45) is 22.7 Å². The van der Waals surface area contributed by atoms with Crippen LogP contribution in [-0.4, -0.2) is 0 Å². The third kappa shape index (κ3) is 7.81. The summed E-state index contributed by atoms with van der Waals surface area (Å²) >= 11 is 0. The maximum Gasteiger partial charge on any atom is 4.00 e. The Bertz CT molecular complexity index is 495. The molecule has 0 aliphatic heterocycles. The summed E-state index contributed by atoms with van der Waals surface area (Å²) in [5.74, 6) is 1.43. The van der Waals surface area contributed by atoms with E-state index in [-0.39, 0.29) is 51.0 Å². The summed E-state index contributed by atoms with van der Waals surface area (Å²) in [5, 5.41) is 0. The van der Waals surface area contributed by atoms with E-state index < -0.39 is 0 Å². The van der Waals surface area contributed by atoms with Crippen molar-refractivity contribution in [3.63, 3.8) is 0 Å². The molecule has 0 radical (unpaired) electrons. The van der Waals surface area contributed by atoms with Gasteiger partial charge >= 0.3 is 26.2 Å². The Labute approximate surface area is 214 Å². The van der Waals surface area contributed by atoms with Crippen molar-refractivity contribution in [3.8, 4) is 0 Å². The van der Waals surface area contributed by atoms with Crippen molar-refractivity contribution < 1.29 is 51.0 Å². The van der Waals surface area contributed by atoms with Gasteiger partial charge in [-0.25, -0.2) is 23.3 Å². The fourth-order valence-electron chi connectivity index (χ4n) is 5.01. The van der Waals surface area contributed by atoms with Crippen LogP contribution in [0.25, 0.3) is 0 Å². The Hall–Kier alpha value is 0.423. The molecule has 0 unspecified atom stereocenters. The van der Waals surface area contributed by atoms with E-state index in [4.69, 9.17) is 0 Å². The van der Waals surface area contributed by atoms with E-state index in [1.807, 2.05) is 0 Å². The van der Waals surface area contributed by atoms with Gasteiger partial charge in [-0.1, -0.05) is 55.4 Å². The Balaban J connectivity index is -0.000000422. The molecule has 0 aromatic rings. The summed E-state index contributed by atoms with van der Waals surface area (Å²) in [6.07, 6.45) is 22.9. The second kappa shape index (κ2) is 16.1. The van der Waals surface area contributed by atoms with E-state index in [1.54, 1.807) is 0 Å². The summed E-state index contributed by atoms with van der Waals surface area (Å²) in [5.41, 5.74) is 3.67. The molecule has 0 bridgehead atoms. The molecule has 2 aliphatic carbocycles. The zero-order chi connectivity index (χ0) is 19.8. The monoisotopic (exact) mass is 514 g/mol. The smallest absolute Gasteiger partial charge is 1.00 e. The van der Waals surface area contributed by atoms with Gasteiger partial charge in [0, 0.05) is 0 Å². The van der Waals surface area contributed by atoms with Crippen LogP contribution in [0.15, 0.2) is 35.5 Å². The van der Waals surface area contributed by atoms with E-state index in [0.717, 1.165) is 12.8 Å². The summed E-state index contributed by atoms with van der Waals surface area (Å²) in [6.45, 7) is 18.5. The summed E-state index contributed by atoms with van der Waals surface area (Å²) in [7, 11) is 0. The molecule has 0 fully saturated rings. The van der Waals surface area contributed by atoms with E-state index in [0.29, 0.717) is 22.7 Å². The van der Waals surface area contributed by atoms with Crippen LogP contribution in [-0.2, 0) is 26.2 Å². The molecule has 0 saturated carbocycles. The minimum Gasteiger partial charge on any atom is -1.00 e. The Morgan fingerprint density at radius 3 is 1.10 bits per heavy atom.